The van der Waals surface area contributed by atoms with Crippen molar-refractivity contribution in [2.75, 3.05) is 13.1 Å². The summed E-state index contributed by atoms with van der Waals surface area (Å²) in [5.41, 5.74) is -1.40. The molecule has 6 heteroatoms. The highest BCUT2D eigenvalue weighted by Crippen LogP contribution is 2.71. The molecule has 4 aliphatic rings. The number of hydrogen-bond donors (Lipinski definition) is 0. The van der Waals surface area contributed by atoms with E-state index in [4.69, 9.17) is 4.74 Å². The van der Waals surface area contributed by atoms with E-state index in [-0.39, 0.29) is 16.4 Å². The van der Waals surface area contributed by atoms with E-state index in [0.29, 0.717) is 25.9 Å². The Bertz CT molecular complexity index is 458. The fraction of sp³-hybridized carbons (Fsp3) is 0.933. The number of piperidine rings is 1. The van der Waals surface area contributed by atoms with Gasteiger partial charge in [0.1, 0.15) is 5.60 Å². The first-order valence-electron chi connectivity index (χ1n) is 7.80. The van der Waals surface area contributed by atoms with Gasteiger partial charge in [-0.05, 0) is 46.0 Å². The molecular weight excluding hydrogens is 272 g/mol. The van der Waals surface area contributed by atoms with E-state index in [2.05, 4.69) is 0 Å². The molecule has 0 spiro atoms. The Morgan fingerprint density at radius 3 is 2.10 bits per heavy atom. The van der Waals surface area contributed by atoms with Crippen molar-refractivity contribution in [2.45, 2.75) is 64.0 Å². The first-order valence-corrected chi connectivity index (χ1v) is 7.80. The molecule has 0 unspecified atom stereocenters. The molecule has 0 aromatic carbocycles. The quantitative estimate of drug-likeness (QED) is 0.580. The summed E-state index contributed by atoms with van der Waals surface area (Å²) >= 11 is 0. The van der Waals surface area contributed by atoms with Crippen LogP contribution in [-0.2, 0) is 4.74 Å². The molecule has 2 bridgehead atoms. The van der Waals surface area contributed by atoms with Gasteiger partial charge >= 0.3 is 6.09 Å². The van der Waals surface area contributed by atoms with Crippen molar-refractivity contribution in [3.63, 3.8) is 0 Å². The van der Waals surface area contributed by atoms with Crippen LogP contribution in [0.2, 0.25) is 0 Å². The van der Waals surface area contributed by atoms with Crippen molar-refractivity contribution in [2.24, 2.45) is 11.3 Å². The van der Waals surface area contributed by atoms with E-state index >= 15 is 0 Å². The lowest BCUT2D eigenvalue weighted by atomic mass is 9.37. The summed E-state index contributed by atoms with van der Waals surface area (Å²) in [7, 11) is 0. The Labute approximate surface area is 125 Å². The molecular formula is C15H24N2O4. The summed E-state index contributed by atoms with van der Waals surface area (Å²) in [5, 5.41) is 11.7. The Hall–Kier alpha value is -1.33. The average molecular weight is 296 g/mol. The van der Waals surface area contributed by atoms with Gasteiger partial charge in [-0.3, -0.25) is 10.1 Å². The molecule has 1 saturated heterocycles. The second-order valence-corrected chi connectivity index (χ2v) is 8.01. The number of amides is 1. The predicted octanol–water partition coefficient (Wildman–Crippen LogP) is 2.83. The average Bonchev–Trinajstić information content (AvgIpc) is 2.22. The van der Waals surface area contributed by atoms with Gasteiger partial charge < -0.3 is 9.64 Å². The maximum atomic E-state index is 12.1. The lowest BCUT2D eigenvalue weighted by molar-refractivity contribution is -0.615. The topological polar surface area (TPSA) is 72.7 Å². The first-order chi connectivity index (χ1) is 9.67. The number of ether oxygens (including phenoxy) is 1. The molecule has 0 aromatic heterocycles. The van der Waals surface area contributed by atoms with Gasteiger partial charge in [-0.25, -0.2) is 4.79 Å². The summed E-state index contributed by atoms with van der Waals surface area (Å²) in [6, 6.07) is 0. The summed E-state index contributed by atoms with van der Waals surface area (Å²) in [6.45, 7) is 6.36. The second-order valence-electron chi connectivity index (χ2n) is 8.01. The van der Waals surface area contributed by atoms with Crippen LogP contribution in [0.25, 0.3) is 0 Å². The minimum Gasteiger partial charge on any atom is -0.444 e. The highest BCUT2D eigenvalue weighted by molar-refractivity contribution is 5.68. The number of likely N-dealkylation sites (tertiary alicyclic amines) is 1. The molecule has 21 heavy (non-hydrogen) atoms. The monoisotopic (exact) mass is 296 g/mol. The smallest absolute Gasteiger partial charge is 0.410 e. The van der Waals surface area contributed by atoms with Crippen LogP contribution in [0.5, 0.6) is 0 Å². The van der Waals surface area contributed by atoms with E-state index in [1.54, 1.807) is 4.90 Å². The van der Waals surface area contributed by atoms with Crippen LogP contribution in [0.4, 0.5) is 4.79 Å². The number of rotatable bonds is 2. The van der Waals surface area contributed by atoms with E-state index in [9.17, 15) is 14.9 Å². The summed E-state index contributed by atoms with van der Waals surface area (Å²) < 4.78 is 5.36. The maximum absolute atomic E-state index is 12.1. The van der Waals surface area contributed by atoms with E-state index in [0.717, 1.165) is 25.2 Å². The lowest BCUT2D eigenvalue weighted by Crippen LogP contribution is -2.70. The van der Waals surface area contributed by atoms with Crippen LogP contribution in [0, 0.1) is 21.4 Å². The molecule has 6 nitrogen and oxygen atoms in total. The number of hydrogen-bond acceptors (Lipinski definition) is 4. The fourth-order valence-corrected chi connectivity index (χ4v) is 4.34. The van der Waals surface area contributed by atoms with Crippen LogP contribution in [0.15, 0.2) is 0 Å². The largest absolute Gasteiger partial charge is 0.444 e. The molecule has 4 fully saturated rings. The highest BCUT2D eigenvalue weighted by Gasteiger charge is 2.73. The molecule has 0 atom stereocenters. The van der Waals surface area contributed by atoms with Crippen LogP contribution >= 0.6 is 0 Å². The summed E-state index contributed by atoms with van der Waals surface area (Å²) in [5.74, 6) is 0.728. The molecule has 1 amide bonds. The van der Waals surface area contributed by atoms with E-state index < -0.39 is 11.1 Å². The zero-order valence-corrected chi connectivity index (χ0v) is 13.1. The van der Waals surface area contributed by atoms with Gasteiger partial charge in [-0.15, -0.1) is 0 Å². The van der Waals surface area contributed by atoms with E-state index in [1.807, 2.05) is 20.8 Å². The van der Waals surface area contributed by atoms with Crippen molar-refractivity contribution >= 4 is 6.09 Å². The van der Waals surface area contributed by atoms with E-state index in [1.165, 1.54) is 0 Å². The summed E-state index contributed by atoms with van der Waals surface area (Å²) in [6.07, 6.45) is 3.62. The zero-order valence-electron chi connectivity index (χ0n) is 13.1. The maximum Gasteiger partial charge on any atom is 0.410 e. The van der Waals surface area contributed by atoms with Gasteiger partial charge in [0.15, 0.2) is 0 Å². The van der Waals surface area contributed by atoms with Crippen LogP contribution in [0.1, 0.15) is 52.9 Å². The van der Waals surface area contributed by atoms with Crippen molar-refractivity contribution in [3.8, 4) is 0 Å². The number of carbonyl (C=O) groups is 1. The van der Waals surface area contributed by atoms with Crippen LogP contribution in [-0.4, -0.2) is 40.1 Å². The minimum absolute atomic E-state index is 0.0468. The van der Waals surface area contributed by atoms with Gasteiger partial charge in [0, 0.05) is 36.3 Å². The van der Waals surface area contributed by atoms with Gasteiger partial charge in [0.2, 0.25) is 5.54 Å². The van der Waals surface area contributed by atoms with Gasteiger partial charge in [0.05, 0.1) is 0 Å². The molecule has 0 aromatic rings. The third-order valence-corrected chi connectivity index (χ3v) is 5.62. The first kappa shape index (κ1) is 14.6. The lowest BCUT2D eigenvalue weighted by Gasteiger charge is -2.66. The molecule has 3 saturated carbocycles. The number of nitrogens with zero attached hydrogens (tertiary/aromatic N) is 2. The summed E-state index contributed by atoms with van der Waals surface area (Å²) in [4.78, 5) is 25.4. The Morgan fingerprint density at radius 1 is 1.24 bits per heavy atom. The minimum atomic E-state index is -0.805. The molecule has 4 rings (SSSR count). The molecule has 1 heterocycles. The van der Waals surface area contributed by atoms with Crippen LogP contribution < -0.4 is 0 Å². The molecule has 1 aliphatic heterocycles. The van der Waals surface area contributed by atoms with Gasteiger partial charge in [-0.1, -0.05) is 0 Å². The standard InChI is InChI=1S/C15H24N2O4/c1-13(2,3)21-12(18)16-6-4-15(5-7-16,17(19)20)14-8-11(9-14)10-14/h11H,4-10H2,1-3H3. The van der Waals surface area contributed by atoms with Crippen molar-refractivity contribution in [1.29, 1.82) is 0 Å². The van der Waals surface area contributed by atoms with Crippen LogP contribution in [0.3, 0.4) is 0 Å². The fourth-order valence-electron chi connectivity index (χ4n) is 4.34. The van der Waals surface area contributed by atoms with Crippen molar-refractivity contribution in [1.82, 2.24) is 4.90 Å². The SMILES string of the molecule is CC(C)(C)OC(=O)N1CCC([N+](=O)[O-])(C23CC(C2)C3)CC1. The normalized spacial score (nSPS) is 33.7. The van der Waals surface area contributed by atoms with Gasteiger partial charge in [-0.2, -0.15) is 0 Å². The third-order valence-electron chi connectivity index (χ3n) is 5.62. The number of nitro groups is 1. The second kappa shape index (κ2) is 4.34. The van der Waals surface area contributed by atoms with Crippen molar-refractivity contribution < 1.29 is 14.5 Å². The molecule has 0 N–H and O–H groups in total. The molecule has 3 aliphatic carbocycles. The highest BCUT2D eigenvalue weighted by atomic mass is 16.6. The Balaban J connectivity index is 1.66. The predicted molar refractivity (Wildman–Crippen MR) is 76.5 cm³/mol. The van der Waals surface area contributed by atoms with Gasteiger partial charge in [0.25, 0.3) is 0 Å². The third kappa shape index (κ3) is 2.10. The molecule has 118 valence electrons. The zero-order chi connectivity index (χ0) is 15.5. The Kier molecular flexibility index (Phi) is 3.01. The molecule has 0 radical (unpaired) electrons. The van der Waals surface area contributed by atoms with Crippen molar-refractivity contribution in [3.05, 3.63) is 10.1 Å². The Morgan fingerprint density at radius 2 is 1.76 bits per heavy atom. The number of carbonyl (C=O) groups excluding carboxylic acids is 1.